The van der Waals surface area contributed by atoms with Gasteiger partial charge in [-0.1, -0.05) is 12.1 Å². The summed E-state index contributed by atoms with van der Waals surface area (Å²) < 4.78 is 2.25. The number of rotatable bonds is 4. The van der Waals surface area contributed by atoms with Crippen LogP contribution < -0.4 is 0 Å². The standard InChI is InChI=1S/C21H26ClN3O/c1-14-8-16(9-17-4-3-5-19(14)17)12-25(21(26)10-22)18-6-7-20-23-11-15(2)24(20)13-18/h8-9,11,18H,3-7,10,12-13H2,1-2H3. The van der Waals surface area contributed by atoms with E-state index >= 15 is 0 Å². The Hall–Kier alpha value is -1.81. The molecule has 1 atom stereocenters. The molecule has 0 fully saturated rings. The summed E-state index contributed by atoms with van der Waals surface area (Å²) >= 11 is 5.96. The molecule has 1 aliphatic heterocycles. The monoisotopic (exact) mass is 371 g/mol. The second kappa shape index (κ2) is 7.07. The largest absolute Gasteiger partial charge is 0.333 e. The highest BCUT2D eigenvalue weighted by atomic mass is 35.5. The van der Waals surface area contributed by atoms with E-state index in [-0.39, 0.29) is 17.8 Å². The summed E-state index contributed by atoms with van der Waals surface area (Å²) in [7, 11) is 0. The predicted octanol–water partition coefficient (Wildman–Crippen LogP) is 3.57. The van der Waals surface area contributed by atoms with Crippen molar-refractivity contribution in [2.24, 2.45) is 0 Å². The first kappa shape index (κ1) is 17.6. The van der Waals surface area contributed by atoms with Crippen molar-refractivity contribution in [2.45, 2.75) is 65.1 Å². The molecule has 5 heteroatoms. The quantitative estimate of drug-likeness (QED) is 0.770. The molecule has 138 valence electrons. The fourth-order valence-electron chi connectivity index (χ4n) is 4.60. The van der Waals surface area contributed by atoms with Gasteiger partial charge in [-0.3, -0.25) is 4.79 Å². The van der Waals surface area contributed by atoms with Crippen LogP contribution in [0.3, 0.4) is 0 Å². The predicted molar refractivity (Wildman–Crippen MR) is 104 cm³/mol. The highest BCUT2D eigenvalue weighted by molar-refractivity contribution is 6.27. The van der Waals surface area contributed by atoms with E-state index in [9.17, 15) is 4.79 Å². The zero-order chi connectivity index (χ0) is 18.3. The molecule has 4 rings (SSSR count). The fraction of sp³-hybridized carbons (Fsp3) is 0.524. The smallest absolute Gasteiger partial charge is 0.238 e. The van der Waals surface area contributed by atoms with Crippen LogP contribution in [0.25, 0.3) is 0 Å². The van der Waals surface area contributed by atoms with Gasteiger partial charge in [0.1, 0.15) is 11.7 Å². The zero-order valence-corrected chi connectivity index (χ0v) is 16.4. The highest BCUT2D eigenvalue weighted by Gasteiger charge is 2.29. The second-order valence-electron chi connectivity index (χ2n) is 7.68. The summed E-state index contributed by atoms with van der Waals surface area (Å²) in [4.78, 5) is 19.1. The van der Waals surface area contributed by atoms with Crippen LogP contribution in [-0.2, 0) is 37.1 Å². The van der Waals surface area contributed by atoms with Gasteiger partial charge in [-0.05, 0) is 61.8 Å². The first-order valence-corrected chi connectivity index (χ1v) is 10.1. The van der Waals surface area contributed by atoms with Crippen molar-refractivity contribution in [1.82, 2.24) is 14.5 Å². The van der Waals surface area contributed by atoms with Gasteiger partial charge in [0.05, 0.1) is 6.04 Å². The minimum Gasteiger partial charge on any atom is -0.333 e. The number of benzene rings is 1. The van der Waals surface area contributed by atoms with E-state index < -0.39 is 0 Å². The number of aryl methyl sites for hydroxylation is 4. The Labute approximate surface area is 160 Å². The molecule has 1 unspecified atom stereocenters. The maximum atomic E-state index is 12.6. The number of carbonyl (C=O) groups excluding carboxylic acids is 1. The molecular weight excluding hydrogens is 346 g/mol. The van der Waals surface area contributed by atoms with Gasteiger partial charge in [-0.15, -0.1) is 11.6 Å². The first-order chi connectivity index (χ1) is 12.6. The number of fused-ring (bicyclic) bond motifs is 2. The molecule has 0 saturated heterocycles. The number of amides is 1. The summed E-state index contributed by atoms with van der Waals surface area (Å²) in [5.41, 5.74) is 6.74. The molecule has 0 bridgehead atoms. The first-order valence-electron chi connectivity index (χ1n) is 9.54. The summed E-state index contributed by atoms with van der Waals surface area (Å²) in [6.45, 7) is 5.74. The van der Waals surface area contributed by atoms with E-state index in [1.807, 2.05) is 11.1 Å². The minimum atomic E-state index is 0.0241. The van der Waals surface area contributed by atoms with E-state index in [1.165, 1.54) is 35.1 Å². The average molecular weight is 372 g/mol. The minimum absolute atomic E-state index is 0.0241. The number of alkyl halides is 1. The molecule has 1 aromatic heterocycles. The zero-order valence-electron chi connectivity index (χ0n) is 15.6. The molecule has 4 nitrogen and oxygen atoms in total. The van der Waals surface area contributed by atoms with E-state index in [1.54, 1.807) is 0 Å². The lowest BCUT2D eigenvalue weighted by Crippen LogP contribution is -2.45. The molecule has 0 radical (unpaired) electrons. The molecule has 1 aliphatic carbocycles. The summed E-state index contributed by atoms with van der Waals surface area (Å²) in [5, 5.41) is 0. The topological polar surface area (TPSA) is 38.1 Å². The Morgan fingerprint density at radius 3 is 2.96 bits per heavy atom. The molecule has 0 N–H and O–H groups in total. The van der Waals surface area contributed by atoms with Crippen molar-refractivity contribution in [1.29, 1.82) is 0 Å². The number of imidazole rings is 1. The highest BCUT2D eigenvalue weighted by Crippen LogP contribution is 2.28. The van der Waals surface area contributed by atoms with Crippen LogP contribution in [0.15, 0.2) is 18.3 Å². The molecule has 26 heavy (non-hydrogen) atoms. The van der Waals surface area contributed by atoms with E-state index in [2.05, 4.69) is 35.5 Å². The van der Waals surface area contributed by atoms with Crippen LogP contribution in [0.5, 0.6) is 0 Å². The average Bonchev–Trinajstić information content (AvgIpc) is 3.26. The van der Waals surface area contributed by atoms with Gasteiger partial charge in [0.25, 0.3) is 0 Å². The van der Waals surface area contributed by atoms with Crippen molar-refractivity contribution in [2.75, 3.05) is 5.88 Å². The Morgan fingerprint density at radius 1 is 1.31 bits per heavy atom. The van der Waals surface area contributed by atoms with Crippen molar-refractivity contribution in [3.05, 3.63) is 52.1 Å². The number of nitrogens with zero attached hydrogens (tertiary/aromatic N) is 3. The number of carbonyl (C=O) groups is 1. The molecule has 0 spiro atoms. The molecule has 1 aromatic carbocycles. The van der Waals surface area contributed by atoms with E-state index in [0.717, 1.165) is 37.3 Å². The van der Waals surface area contributed by atoms with Crippen LogP contribution in [0.2, 0.25) is 0 Å². The Kier molecular flexibility index (Phi) is 4.78. The molecular formula is C21H26ClN3O. The summed E-state index contributed by atoms with van der Waals surface area (Å²) in [6.07, 6.45) is 7.38. The van der Waals surface area contributed by atoms with Crippen molar-refractivity contribution >= 4 is 17.5 Å². The van der Waals surface area contributed by atoms with Gasteiger partial charge in [0.2, 0.25) is 5.91 Å². The van der Waals surface area contributed by atoms with Crippen molar-refractivity contribution in [3.8, 4) is 0 Å². The molecule has 2 aliphatic rings. The number of aromatic nitrogens is 2. The lowest BCUT2D eigenvalue weighted by molar-refractivity contribution is -0.132. The SMILES string of the molecule is Cc1cc(CN(C(=O)CCl)C2CCc3ncc(C)n3C2)cc2c1CCC2. The second-order valence-corrected chi connectivity index (χ2v) is 7.95. The summed E-state index contributed by atoms with van der Waals surface area (Å²) in [6, 6.07) is 4.74. The molecule has 0 saturated carbocycles. The third-order valence-electron chi connectivity index (χ3n) is 5.96. The Bertz CT molecular complexity index is 842. The lowest BCUT2D eigenvalue weighted by Gasteiger charge is -2.35. The Morgan fingerprint density at radius 2 is 2.15 bits per heavy atom. The lowest BCUT2D eigenvalue weighted by atomic mass is 9.99. The van der Waals surface area contributed by atoms with Crippen LogP contribution in [0.1, 0.15) is 46.6 Å². The number of hydrogen-bond donors (Lipinski definition) is 0. The van der Waals surface area contributed by atoms with Gasteiger partial charge in [0, 0.05) is 31.4 Å². The van der Waals surface area contributed by atoms with Crippen molar-refractivity contribution in [3.63, 3.8) is 0 Å². The van der Waals surface area contributed by atoms with E-state index in [4.69, 9.17) is 11.6 Å². The maximum Gasteiger partial charge on any atom is 0.238 e. The molecule has 1 amide bonds. The maximum absolute atomic E-state index is 12.6. The number of hydrogen-bond acceptors (Lipinski definition) is 2. The van der Waals surface area contributed by atoms with Crippen molar-refractivity contribution < 1.29 is 4.79 Å². The van der Waals surface area contributed by atoms with Gasteiger partial charge < -0.3 is 9.47 Å². The normalized spacial score (nSPS) is 18.5. The van der Waals surface area contributed by atoms with Crippen LogP contribution in [0, 0.1) is 13.8 Å². The van der Waals surface area contributed by atoms with E-state index in [0.29, 0.717) is 6.54 Å². The number of halogens is 1. The van der Waals surface area contributed by atoms with Gasteiger partial charge in [-0.2, -0.15) is 0 Å². The van der Waals surface area contributed by atoms with Crippen LogP contribution in [-0.4, -0.2) is 32.3 Å². The van der Waals surface area contributed by atoms with Crippen LogP contribution >= 0.6 is 11.6 Å². The Balaban J connectivity index is 1.60. The third kappa shape index (κ3) is 3.16. The fourth-order valence-corrected chi connectivity index (χ4v) is 4.76. The van der Waals surface area contributed by atoms with Gasteiger partial charge in [-0.25, -0.2) is 4.98 Å². The molecule has 2 heterocycles. The third-order valence-corrected chi connectivity index (χ3v) is 6.19. The van der Waals surface area contributed by atoms with Gasteiger partial charge in [0.15, 0.2) is 0 Å². The summed E-state index contributed by atoms with van der Waals surface area (Å²) in [5.74, 6) is 1.19. The van der Waals surface area contributed by atoms with Gasteiger partial charge >= 0.3 is 0 Å². The molecule has 2 aromatic rings. The van der Waals surface area contributed by atoms with Crippen LogP contribution in [0.4, 0.5) is 0 Å².